The summed E-state index contributed by atoms with van der Waals surface area (Å²) in [6, 6.07) is 2.59. The number of amides is 2. The van der Waals surface area contributed by atoms with Crippen molar-refractivity contribution in [2.24, 2.45) is 28.8 Å². The molecule has 26 heavy (non-hydrogen) atoms. The fraction of sp³-hybridized carbons (Fsp3) is 0.353. The first-order valence-electron chi connectivity index (χ1n) is 8.04. The third kappa shape index (κ3) is 2.33. The molecule has 3 aliphatic rings. The van der Waals surface area contributed by atoms with Crippen molar-refractivity contribution in [2.75, 3.05) is 7.11 Å². The largest absolute Gasteiger partial charge is 0.490 e. The molecule has 1 aliphatic heterocycles. The van der Waals surface area contributed by atoms with Crippen molar-refractivity contribution < 1.29 is 19.2 Å². The Morgan fingerprint density at radius 2 is 1.88 bits per heavy atom. The first-order chi connectivity index (χ1) is 12.4. The summed E-state index contributed by atoms with van der Waals surface area (Å²) in [6.45, 7) is 0. The van der Waals surface area contributed by atoms with E-state index in [1.807, 2.05) is 12.2 Å². The average molecular weight is 376 g/mol. The number of halogens is 1. The number of imide groups is 1. The van der Waals surface area contributed by atoms with Crippen molar-refractivity contribution in [3.63, 3.8) is 0 Å². The first kappa shape index (κ1) is 16.7. The normalized spacial score (nSPS) is 29.1. The molecule has 4 rings (SSSR count). The molecule has 1 heterocycles. The van der Waals surface area contributed by atoms with Crippen LogP contribution in [-0.2, 0) is 9.59 Å². The second-order valence-electron chi connectivity index (χ2n) is 6.54. The Bertz CT molecular complexity index is 867. The van der Waals surface area contributed by atoms with Gasteiger partial charge in [-0.15, -0.1) is 0 Å². The molecule has 8 nitrogen and oxygen atoms in total. The van der Waals surface area contributed by atoms with Gasteiger partial charge in [0.05, 0.1) is 30.1 Å². The van der Waals surface area contributed by atoms with Crippen LogP contribution >= 0.6 is 11.6 Å². The highest BCUT2D eigenvalue weighted by atomic mass is 35.5. The minimum Gasteiger partial charge on any atom is -0.490 e. The van der Waals surface area contributed by atoms with E-state index in [-0.39, 0.29) is 57.5 Å². The summed E-state index contributed by atoms with van der Waals surface area (Å²) in [7, 11) is 1.29. The van der Waals surface area contributed by atoms with Gasteiger partial charge in [-0.2, -0.15) is 10.1 Å². The Hall–Kier alpha value is -2.74. The standard InChI is InChI=1S/C17H14ClN3O5/c1-26-15-10(5-11(18)6-12(15)21(24)25)7-19-20-16(22)13-8-2-3-9(4-8)14(13)17(20)23/h2-3,5-9,13-14H,4H2,1H3/t8-,9-,13-,14+/m0/s1. The average Bonchev–Trinajstić information content (AvgIpc) is 3.27. The first-order valence-corrected chi connectivity index (χ1v) is 8.42. The third-order valence-corrected chi connectivity index (χ3v) is 5.44. The van der Waals surface area contributed by atoms with Crippen LogP contribution in [0.5, 0.6) is 5.75 Å². The van der Waals surface area contributed by atoms with Crippen molar-refractivity contribution in [1.29, 1.82) is 0 Å². The number of fused-ring (bicyclic) bond motifs is 5. The molecular weight excluding hydrogens is 362 g/mol. The highest BCUT2D eigenvalue weighted by Gasteiger charge is 2.59. The number of allylic oxidation sites excluding steroid dienone is 2. The molecule has 0 radical (unpaired) electrons. The summed E-state index contributed by atoms with van der Waals surface area (Å²) < 4.78 is 5.09. The van der Waals surface area contributed by atoms with Gasteiger partial charge < -0.3 is 4.74 Å². The van der Waals surface area contributed by atoms with Crippen molar-refractivity contribution in [3.8, 4) is 5.75 Å². The van der Waals surface area contributed by atoms with Gasteiger partial charge >= 0.3 is 5.69 Å². The van der Waals surface area contributed by atoms with E-state index in [0.717, 1.165) is 17.5 Å². The summed E-state index contributed by atoms with van der Waals surface area (Å²) in [4.78, 5) is 35.7. The Morgan fingerprint density at radius 1 is 1.27 bits per heavy atom. The number of hydrazone groups is 1. The van der Waals surface area contributed by atoms with Crippen LogP contribution < -0.4 is 4.74 Å². The van der Waals surface area contributed by atoms with Crippen LogP contribution in [-0.4, -0.2) is 35.1 Å². The number of carbonyl (C=O) groups excluding carboxylic acids is 2. The van der Waals surface area contributed by atoms with Gasteiger partial charge in [0.15, 0.2) is 0 Å². The molecule has 0 spiro atoms. The second kappa shape index (κ2) is 5.91. The van der Waals surface area contributed by atoms with Gasteiger partial charge in [-0.25, -0.2) is 0 Å². The van der Waals surface area contributed by atoms with E-state index in [4.69, 9.17) is 16.3 Å². The number of nitrogens with zero attached hydrogens (tertiary/aromatic N) is 3. The fourth-order valence-corrected chi connectivity index (χ4v) is 4.39. The minimum atomic E-state index is -0.623. The van der Waals surface area contributed by atoms with Crippen molar-refractivity contribution in [2.45, 2.75) is 6.42 Å². The van der Waals surface area contributed by atoms with Gasteiger partial charge in [0.2, 0.25) is 5.75 Å². The SMILES string of the molecule is COc1c(C=NN2C(=O)[C@@H]3[C@H](C2=O)[C@H]2C=C[C@H]3C2)cc(Cl)cc1[N+](=O)[O-]. The lowest BCUT2D eigenvalue weighted by Gasteiger charge is -2.13. The van der Waals surface area contributed by atoms with Gasteiger partial charge in [0, 0.05) is 16.7 Å². The smallest absolute Gasteiger partial charge is 0.313 e. The summed E-state index contributed by atoms with van der Waals surface area (Å²) in [6.07, 6.45) is 6.02. The van der Waals surface area contributed by atoms with Gasteiger partial charge in [0.1, 0.15) is 0 Å². The molecule has 0 unspecified atom stereocenters. The van der Waals surface area contributed by atoms with Gasteiger partial charge in [-0.1, -0.05) is 23.8 Å². The molecule has 1 saturated heterocycles. The van der Waals surface area contributed by atoms with Crippen molar-refractivity contribution in [1.82, 2.24) is 5.01 Å². The van der Waals surface area contributed by atoms with E-state index in [1.165, 1.54) is 19.4 Å². The van der Waals surface area contributed by atoms with E-state index < -0.39 is 4.92 Å². The van der Waals surface area contributed by atoms with Crippen molar-refractivity contribution in [3.05, 3.63) is 45.0 Å². The quantitative estimate of drug-likeness (QED) is 0.264. The number of nitro groups is 1. The molecule has 134 valence electrons. The molecule has 1 aromatic carbocycles. The van der Waals surface area contributed by atoms with E-state index in [0.29, 0.717) is 0 Å². The van der Waals surface area contributed by atoms with Crippen LogP contribution in [0.4, 0.5) is 5.69 Å². The zero-order valence-electron chi connectivity index (χ0n) is 13.7. The highest BCUT2D eigenvalue weighted by molar-refractivity contribution is 6.31. The maximum atomic E-state index is 12.6. The Labute approximate surface area is 153 Å². The molecule has 0 N–H and O–H groups in total. The third-order valence-electron chi connectivity index (χ3n) is 5.22. The van der Waals surface area contributed by atoms with E-state index >= 15 is 0 Å². The van der Waals surface area contributed by atoms with Gasteiger partial charge in [-0.3, -0.25) is 19.7 Å². The number of carbonyl (C=O) groups is 2. The number of ether oxygens (including phenoxy) is 1. The highest BCUT2D eigenvalue weighted by Crippen LogP contribution is 2.52. The predicted octanol–water partition coefficient (Wildman–Crippen LogP) is 2.40. The topological polar surface area (TPSA) is 102 Å². The number of hydrogen-bond acceptors (Lipinski definition) is 6. The second-order valence-corrected chi connectivity index (χ2v) is 6.97. The lowest BCUT2D eigenvalue weighted by Crippen LogP contribution is -2.28. The van der Waals surface area contributed by atoms with E-state index in [9.17, 15) is 19.7 Å². The molecule has 9 heteroatoms. The maximum Gasteiger partial charge on any atom is 0.313 e. The summed E-state index contributed by atoms with van der Waals surface area (Å²) in [5, 5.41) is 16.2. The number of hydrogen-bond donors (Lipinski definition) is 0. The monoisotopic (exact) mass is 375 g/mol. The number of rotatable bonds is 4. The molecule has 1 saturated carbocycles. The van der Waals surface area contributed by atoms with Gasteiger partial charge in [0.25, 0.3) is 11.8 Å². The summed E-state index contributed by atoms with van der Waals surface area (Å²) in [5.74, 6) is -1.24. The van der Waals surface area contributed by atoms with Gasteiger partial charge in [-0.05, 0) is 24.3 Å². The van der Waals surface area contributed by atoms with E-state index in [2.05, 4.69) is 5.10 Å². The maximum absolute atomic E-state index is 12.6. The predicted molar refractivity (Wildman–Crippen MR) is 91.8 cm³/mol. The molecule has 2 amide bonds. The number of benzene rings is 1. The van der Waals surface area contributed by atoms with Crippen LogP contribution in [0.25, 0.3) is 0 Å². The Kier molecular flexibility index (Phi) is 3.80. The summed E-state index contributed by atoms with van der Waals surface area (Å²) >= 11 is 5.92. The zero-order chi connectivity index (χ0) is 18.6. The molecule has 2 fully saturated rings. The van der Waals surface area contributed by atoms with Crippen molar-refractivity contribution >= 4 is 35.3 Å². The lowest BCUT2D eigenvalue weighted by atomic mass is 9.85. The molecule has 2 aliphatic carbocycles. The molecule has 2 bridgehead atoms. The van der Waals surface area contributed by atoms with Crippen LogP contribution in [0.3, 0.4) is 0 Å². The van der Waals surface area contributed by atoms with Crippen LogP contribution in [0.2, 0.25) is 5.02 Å². The van der Waals surface area contributed by atoms with E-state index in [1.54, 1.807) is 0 Å². The van der Waals surface area contributed by atoms with Crippen LogP contribution in [0.1, 0.15) is 12.0 Å². The fourth-order valence-electron chi connectivity index (χ4n) is 4.17. The molecule has 1 aromatic rings. The lowest BCUT2D eigenvalue weighted by molar-refractivity contribution is -0.385. The number of nitro benzene ring substituents is 1. The molecule has 4 atom stereocenters. The minimum absolute atomic E-state index is 0.0378. The Balaban J connectivity index is 1.66. The number of methoxy groups -OCH3 is 1. The molecule has 0 aromatic heterocycles. The van der Waals surface area contributed by atoms with Crippen LogP contribution in [0, 0.1) is 33.8 Å². The zero-order valence-corrected chi connectivity index (χ0v) is 14.4. The Morgan fingerprint density at radius 3 is 2.42 bits per heavy atom. The van der Waals surface area contributed by atoms with Crippen LogP contribution in [0.15, 0.2) is 29.4 Å². The molecular formula is C17H14ClN3O5. The summed E-state index contributed by atoms with van der Waals surface area (Å²) in [5.41, 5.74) is -0.106.